The van der Waals surface area contributed by atoms with Crippen molar-refractivity contribution in [3.63, 3.8) is 0 Å². The van der Waals surface area contributed by atoms with Gasteiger partial charge in [-0.1, -0.05) is 90.3 Å². The third kappa shape index (κ3) is 12.7. The number of hydrogen-bond acceptors (Lipinski definition) is 3. The quantitative estimate of drug-likeness (QED) is 0.527. The molecule has 24 heavy (non-hydrogen) atoms. The summed E-state index contributed by atoms with van der Waals surface area (Å²) in [6.45, 7) is 23.7. The summed E-state index contributed by atoms with van der Waals surface area (Å²) in [5.41, 5.74) is 1.75. The zero-order chi connectivity index (χ0) is 19.4. The molecule has 136 valence electrons. The molecule has 0 aromatic carbocycles. The number of allylic oxidation sites excluding steroid dienone is 5. The van der Waals surface area contributed by atoms with Crippen molar-refractivity contribution in [2.75, 3.05) is 5.32 Å². The highest BCUT2D eigenvalue weighted by atomic mass is 32.1. The Balaban J connectivity index is -0.000000659. The number of nitrogens with one attached hydrogen (secondary N) is 1. The van der Waals surface area contributed by atoms with Crippen LogP contribution in [0.3, 0.4) is 0 Å². The molecule has 1 aromatic heterocycles. The molecule has 0 saturated carbocycles. The van der Waals surface area contributed by atoms with Crippen LogP contribution < -0.4 is 5.32 Å². The molecule has 0 fully saturated rings. The summed E-state index contributed by atoms with van der Waals surface area (Å²) in [5, 5.41) is 3.99. The van der Waals surface area contributed by atoms with Gasteiger partial charge in [-0.2, -0.15) is 0 Å². The molecule has 0 amide bonds. The van der Waals surface area contributed by atoms with Crippen molar-refractivity contribution < 1.29 is 0 Å². The minimum atomic E-state index is 0.810. The topological polar surface area (TPSA) is 24.9 Å². The van der Waals surface area contributed by atoms with Gasteiger partial charge in [-0.15, -0.1) is 0 Å². The summed E-state index contributed by atoms with van der Waals surface area (Å²) in [4.78, 5) is 5.53. The van der Waals surface area contributed by atoms with Gasteiger partial charge in [0.15, 0.2) is 5.13 Å². The molecule has 2 nitrogen and oxygen atoms in total. The Morgan fingerprint density at radius 2 is 1.58 bits per heavy atom. The first-order chi connectivity index (χ1) is 11.7. The standard InChI is InChI=1S/C15H18N2S.3C2H6/c1-5-8-9-11-12(4)16-15-17-13(10-6-2)14(7-3)18-15;3*1-2/h5-11H,3-4H2,1-2H3,(H,16,17);3*1-2H3/b8-5-,10-6-,11-9-;;;. The van der Waals surface area contributed by atoms with Crippen LogP contribution in [-0.2, 0) is 0 Å². The molecule has 0 atom stereocenters. The number of hydrogen-bond donors (Lipinski definition) is 1. The maximum atomic E-state index is 4.48. The molecule has 0 aliphatic heterocycles. The summed E-state index contributed by atoms with van der Waals surface area (Å²) in [7, 11) is 0. The van der Waals surface area contributed by atoms with Gasteiger partial charge in [-0.05, 0) is 32.1 Å². The Morgan fingerprint density at radius 3 is 2.04 bits per heavy atom. The van der Waals surface area contributed by atoms with Gasteiger partial charge in [0.25, 0.3) is 0 Å². The van der Waals surface area contributed by atoms with Crippen LogP contribution in [0.2, 0.25) is 0 Å². The minimum absolute atomic E-state index is 0.810. The molecule has 1 aromatic rings. The van der Waals surface area contributed by atoms with E-state index in [1.807, 2.05) is 97.9 Å². The Hall–Kier alpha value is -1.87. The number of aromatic nitrogens is 1. The fourth-order valence-electron chi connectivity index (χ4n) is 1.28. The van der Waals surface area contributed by atoms with Crippen molar-refractivity contribution in [1.82, 2.24) is 4.98 Å². The van der Waals surface area contributed by atoms with Gasteiger partial charge in [0.1, 0.15) is 0 Å². The Labute approximate surface area is 154 Å². The largest absolute Gasteiger partial charge is 0.332 e. The molecule has 0 bridgehead atoms. The molecular weight excluding hydrogens is 312 g/mol. The third-order valence-electron chi connectivity index (χ3n) is 2.06. The summed E-state index contributed by atoms with van der Waals surface area (Å²) < 4.78 is 0. The van der Waals surface area contributed by atoms with E-state index < -0.39 is 0 Å². The molecule has 0 aliphatic carbocycles. The zero-order valence-corrected chi connectivity index (χ0v) is 17.6. The van der Waals surface area contributed by atoms with Gasteiger partial charge in [0, 0.05) is 5.70 Å². The monoisotopic (exact) mass is 348 g/mol. The van der Waals surface area contributed by atoms with Crippen LogP contribution in [0, 0.1) is 0 Å². The smallest absolute Gasteiger partial charge is 0.188 e. The van der Waals surface area contributed by atoms with Crippen molar-refractivity contribution in [2.24, 2.45) is 0 Å². The van der Waals surface area contributed by atoms with E-state index in [0.717, 1.165) is 21.4 Å². The van der Waals surface area contributed by atoms with E-state index >= 15 is 0 Å². The first kappa shape index (κ1) is 27.0. The van der Waals surface area contributed by atoms with Crippen molar-refractivity contribution in [1.29, 1.82) is 0 Å². The van der Waals surface area contributed by atoms with Crippen molar-refractivity contribution in [3.05, 3.63) is 59.8 Å². The van der Waals surface area contributed by atoms with E-state index in [4.69, 9.17) is 0 Å². The molecule has 0 saturated heterocycles. The van der Waals surface area contributed by atoms with Gasteiger partial charge in [0.2, 0.25) is 0 Å². The fourth-order valence-corrected chi connectivity index (χ4v) is 2.12. The Bertz CT molecular complexity index is 506. The van der Waals surface area contributed by atoms with Crippen LogP contribution >= 0.6 is 11.3 Å². The molecular formula is C21H36N2S. The predicted octanol–water partition coefficient (Wildman–Crippen LogP) is 7.96. The average molecular weight is 349 g/mol. The van der Waals surface area contributed by atoms with Gasteiger partial charge in [0.05, 0.1) is 10.6 Å². The summed E-state index contributed by atoms with van der Waals surface area (Å²) >= 11 is 1.56. The van der Waals surface area contributed by atoms with Crippen LogP contribution in [0.25, 0.3) is 12.2 Å². The molecule has 0 spiro atoms. The predicted molar refractivity (Wildman–Crippen MR) is 118 cm³/mol. The van der Waals surface area contributed by atoms with E-state index in [2.05, 4.69) is 23.5 Å². The lowest BCUT2D eigenvalue weighted by molar-refractivity contribution is 1.33. The summed E-state index contributed by atoms with van der Waals surface area (Å²) in [6, 6.07) is 0. The SMILES string of the molecule is C=Cc1sc(NC(=C)/C=C\C=C/C)nc1/C=C\C.CC.CC.CC. The number of rotatable bonds is 6. The van der Waals surface area contributed by atoms with Gasteiger partial charge < -0.3 is 5.32 Å². The second-order valence-electron chi connectivity index (χ2n) is 3.51. The van der Waals surface area contributed by atoms with E-state index in [-0.39, 0.29) is 0 Å². The number of anilines is 1. The lowest BCUT2D eigenvalue weighted by Gasteiger charge is -1.99. The van der Waals surface area contributed by atoms with E-state index in [0.29, 0.717) is 0 Å². The van der Waals surface area contributed by atoms with E-state index in [9.17, 15) is 0 Å². The summed E-state index contributed by atoms with van der Waals surface area (Å²) in [6.07, 6.45) is 13.5. The van der Waals surface area contributed by atoms with Crippen molar-refractivity contribution >= 4 is 28.6 Å². The number of nitrogens with zero attached hydrogens (tertiary/aromatic N) is 1. The van der Waals surface area contributed by atoms with Crippen molar-refractivity contribution in [3.8, 4) is 0 Å². The van der Waals surface area contributed by atoms with Gasteiger partial charge in [-0.25, -0.2) is 4.98 Å². The highest BCUT2D eigenvalue weighted by Crippen LogP contribution is 2.26. The van der Waals surface area contributed by atoms with Crippen LogP contribution in [0.5, 0.6) is 0 Å². The van der Waals surface area contributed by atoms with Crippen LogP contribution in [0.15, 0.2) is 49.2 Å². The maximum absolute atomic E-state index is 4.48. The van der Waals surface area contributed by atoms with Gasteiger partial charge >= 0.3 is 0 Å². The molecule has 0 aliphatic rings. The van der Waals surface area contributed by atoms with E-state index in [1.54, 1.807) is 11.3 Å². The normalized spacial score (nSPS) is 9.50. The lowest BCUT2D eigenvalue weighted by atomic mass is 10.3. The molecule has 1 rings (SSSR count). The molecule has 0 unspecified atom stereocenters. The molecule has 1 N–H and O–H groups in total. The average Bonchev–Trinajstić information content (AvgIpc) is 3.02. The van der Waals surface area contributed by atoms with Gasteiger partial charge in [-0.3, -0.25) is 0 Å². The Kier molecular flexibility index (Phi) is 23.8. The molecule has 3 heteroatoms. The highest BCUT2D eigenvalue weighted by molar-refractivity contribution is 7.16. The van der Waals surface area contributed by atoms with Crippen LogP contribution in [0.4, 0.5) is 5.13 Å². The lowest BCUT2D eigenvalue weighted by Crippen LogP contribution is -1.93. The minimum Gasteiger partial charge on any atom is -0.332 e. The maximum Gasteiger partial charge on any atom is 0.188 e. The van der Waals surface area contributed by atoms with Crippen LogP contribution in [-0.4, -0.2) is 4.98 Å². The second-order valence-corrected chi connectivity index (χ2v) is 4.54. The molecule has 1 heterocycles. The first-order valence-electron chi connectivity index (χ1n) is 8.72. The highest BCUT2D eigenvalue weighted by Gasteiger charge is 2.05. The first-order valence-corrected chi connectivity index (χ1v) is 9.54. The van der Waals surface area contributed by atoms with E-state index in [1.165, 1.54) is 0 Å². The van der Waals surface area contributed by atoms with Crippen LogP contribution in [0.1, 0.15) is 66.0 Å². The van der Waals surface area contributed by atoms with Crippen molar-refractivity contribution in [2.45, 2.75) is 55.4 Å². The fraction of sp³-hybridized carbons (Fsp3) is 0.381. The summed E-state index contributed by atoms with van der Waals surface area (Å²) in [5.74, 6) is 0. The molecule has 0 radical (unpaired) electrons. The number of thiazole rings is 1. The Morgan fingerprint density at radius 1 is 1.00 bits per heavy atom. The zero-order valence-electron chi connectivity index (χ0n) is 16.8. The third-order valence-corrected chi connectivity index (χ3v) is 3.04. The second kappa shape index (κ2) is 21.1.